The summed E-state index contributed by atoms with van der Waals surface area (Å²) in [4.78, 5) is 12.0. The molecule has 0 atom stereocenters. The van der Waals surface area contributed by atoms with E-state index in [9.17, 15) is 9.18 Å². The lowest BCUT2D eigenvalue weighted by molar-refractivity contribution is 0.251. The van der Waals surface area contributed by atoms with Crippen molar-refractivity contribution in [1.29, 1.82) is 0 Å². The number of benzene rings is 2. The molecule has 0 bridgehead atoms. The van der Waals surface area contributed by atoms with Crippen LogP contribution in [-0.4, -0.2) is 33.3 Å². The molecule has 3 rings (SSSR count). The molecule has 1 aromatic heterocycles. The molecule has 1 heterocycles. The number of rotatable bonds is 5. The maximum Gasteiger partial charge on any atom is 0.319 e. The van der Waals surface area contributed by atoms with Crippen LogP contribution in [0.25, 0.3) is 5.69 Å². The van der Waals surface area contributed by atoms with E-state index in [-0.39, 0.29) is 6.54 Å². The number of nitrogens with zero attached hydrogens (tertiary/aromatic N) is 4. The SMILES string of the molecule is COc1ccc(NC(=O)NCc2nnnn2-c2cccc(F)c2)cc1. The van der Waals surface area contributed by atoms with Gasteiger partial charge in [-0.05, 0) is 52.9 Å². The number of ether oxygens (including phenoxy) is 1. The van der Waals surface area contributed by atoms with Crippen LogP contribution in [0.1, 0.15) is 5.82 Å². The van der Waals surface area contributed by atoms with Crippen molar-refractivity contribution in [3.05, 3.63) is 60.2 Å². The fraction of sp³-hybridized carbons (Fsp3) is 0.125. The van der Waals surface area contributed by atoms with Crippen LogP contribution >= 0.6 is 0 Å². The van der Waals surface area contributed by atoms with Crippen LogP contribution in [0.2, 0.25) is 0 Å². The standard InChI is InChI=1S/C16H15FN6O2/c1-25-14-7-5-12(6-8-14)19-16(24)18-10-15-20-21-22-23(15)13-4-2-3-11(17)9-13/h2-9H,10H2,1H3,(H2,18,19,24). The zero-order valence-electron chi connectivity index (χ0n) is 13.3. The van der Waals surface area contributed by atoms with Crippen LogP contribution in [0.15, 0.2) is 48.5 Å². The third-order valence-electron chi connectivity index (χ3n) is 3.34. The Labute approximate surface area is 142 Å². The lowest BCUT2D eigenvalue weighted by Crippen LogP contribution is -2.29. The summed E-state index contributed by atoms with van der Waals surface area (Å²) in [5.74, 6) is 0.667. The predicted molar refractivity (Wildman–Crippen MR) is 88.0 cm³/mol. The van der Waals surface area contributed by atoms with E-state index in [0.717, 1.165) is 0 Å². The van der Waals surface area contributed by atoms with Gasteiger partial charge in [0.25, 0.3) is 0 Å². The Bertz CT molecular complexity index is 865. The normalized spacial score (nSPS) is 10.3. The van der Waals surface area contributed by atoms with Gasteiger partial charge < -0.3 is 15.4 Å². The highest BCUT2D eigenvalue weighted by Gasteiger charge is 2.10. The largest absolute Gasteiger partial charge is 0.497 e. The summed E-state index contributed by atoms with van der Waals surface area (Å²) in [5.41, 5.74) is 1.08. The molecule has 0 saturated heterocycles. The number of halogens is 1. The minimum absolute atomic E-state index is 0.0749. The number of amides is 2. The molecule has 0 unspecified atom stereocenters. The first-order valence-corrected chi connectivity index (χ1v) is 7.38. The number of anilines is 1. The van der Waals surface area contributed by atoms with Gasteiger partial charge in [-0.1, -0.05) is 6.07 Å². The van der Waals surface area contributed by atoms with Crippen LogP contribution < -0.4 is 15.4 Å². The van der Waals surface area contributed by atoms with Crippen molar-refractivity contribution in [3.8, 4) is 11.4 Å². The second kappa shape index (κ2) is 7.39. The molecule has 0 saturated carbocycles. The third kappa shape index (κ3) is 4.08. The average molecular weight is 342 g/mol. The molecule has 2 amide bonds. The Kier molecular flexibility index (Phi) is 4.84. The van der Waals surface area contributed by atoms with Gasteiger partial charge in [-0.2, -0.15) is 4.68 Å². The van der Waals surface area contributed by atoms with Gasteiger partial charge in [0, 0.05) is 5.69 Å². The van der Waals surface area contributed by atoms with Crippen molar-refractivity contribution in [2.24, 2.45) is 0 Å². The summed E-state index contributed by atoms with van der Waals surface area (Å²) < 4.78 is 19.7. The number of methoxy groups -OCH3 is 1. The Morgan fingerprint density at radius 1 is 1.24 bits per heavy atom. The van der Waals surface area contributed by atoms with E-state index in [1.807, 2.05) is 0 Å². The second-order valence-electron chi connectivity index (χ2n) is 5.02. The highest BCUT2D eigenvalue weighted by molar-refractivity contribution is 5.89. The number of carbonyl (C=O) groups is 1. The molecule has 8 nitrogen and oxygen atoms in total. The van der Waals surface area contributed by atoms with E-state index in [1.54, 1.807) is 43.5 Å². The summed E-state index contributed by atoms with van der Waals surface area (Å²) in [6, 6.07) is 12.3. The predicted octanol–water partition coefficient (Wildman–Crippen LogP) is 2.13. The summed E-state index contributed by atoms with van der Waals surface area (Å²) in [6.07, 6.45) is 0. The molecular weight excluding hydrogens is 327 g/mol. The van der Waals surface area contributed by atoms with E-state index in [1.165, 1.54) is 16.8 Å². The molecule has 0 radical (unpaired) electrons. The van der Waals surface area contributed by atoms with Gasteiger partial charge >= 0.3 is 6.03 Å². The van der Waals surface area contributed by atoms with Crippen LogP contribution in [0.3, 0.4) is 0 Å². The van der Waals surface area contributed by atoms with Crippen molar-refractivity contribution in [2.45, 2.75) is 6.54 Å². The minimum Gasteiger partial charge on any atom is -0.497 e. The average Bonchev–Trinajstić information content (AvgIpc) is 3.09. The van der Waals surface area contributed by atoms with Gasteiger partial charge in [-0.25, -0.2) is 9.18 Å². The maximum absolute atomic E-state index is 13.3. The van der Waals surface area contributed by atoms with Crippen LogP contribution in [0.5, 0.6) is 5.75 Å². The van der Waals surface area contributed by atoms with E-state index < -0.39 is 11.8 Å². The summed E-state index contributed by atoms with van der Waals surface area (Å²) in [5, 5.41) is 16.5. The van der Waals surface area contributed by atoms with Gasteiger partial charge in [0.15, 0.2) is 5.82 Å². The number of tetrazole rings is 1. The van der Waals surface area contributed by atoms with Gasteiger partial charge in [0.2, 0.25) is 0 Å². The molecule has 0 aliphatic carbocycles. The first kappa shape index (κ1) is 16.4. The first-order chi connectivity index (χ1) is 12.2. The number of carbonyl (C=O) groups excluding carboxylic acids is 1. The molecule has 25 heavy (non-hydrogen) atoms. The minimum atomic E-state index is -0.418. The van der Waals surface area contributed by atoms with Crippen molar-refractivity contribution in [3.63, 3.8) is 0 Å². The molecule has 2 N–H and O–H groups in total. The fourth-order valence-electron chi connectivity index (χ4n) is 2.13. The van der Waals surface area contributed by atoms with Gasteiger partial charge in [-0.15, -0.1) is 5.10 Å². The van der Waals surface area contributed by atoms with Crippen molar-refractivity contribution < 1.29 is 13.9 Å². The number of hydrogen-bond acceptors (Lipinski definition) is 5. The van der Waals surface area contributed by atoms with E-state index >= 15 is 0 Å². The molecular formula is C16H15FN6O2. The maximum atomic E-state index is 13.3. The molecule has 0 aliphatic rings. The first-order valence-electron chi connectivity index (χ1n) is 7.38. The number of aromatic nitrogens is 4. The Morgan fingerprint density at radius 3 is 2.76 bits per heavy atom. The lowest BCUT2D eigenvalue weighted by Gasteiger charge is -2.08. The number of urea groups is 1. The summed E-state index contributed by atoms with van der Waals surface area (Å²) >= 11 is 0. The highest BCUT2D eigenvalue weighted by atomic mass is 19.1. The van der Waals surface area contributed by atoms with Crippen LogP contribution in [0, 0.1) is 5.82 Å². The molecule has 128 valence electrons. The molecule has 3 aromatic rings. The van der Waals surface area contributed by atoms with Crippen molar-refractivity contribution in [1.82, 2.24) is 25.5 Å². The van der Waals surface area contributed by atoms with Gasteiger partial charge in [0.05, 0.1) is 19.3 Å². The summed E-state index contributed by atoms with van der Waals surface area (Å²) in [6.45, 7) is 0.0749. The number of hydrogen-bond donors (Lipinski definition) is 2. The zero-order chi connectivity index (χ0) is 17.6. The molecule has 0 spiro atoms. The van der Waals surface area contributed by atoms with Gasteiger partial charge in [-0.3, -0.25) is 0 Å². The fourth-order valence-corrected chi connectivity index (χ4v) is 2.13. The highest BCUT2D eigenvalue weighted by Crippen LogP contribution is 2.15. The van der Waals surface area contributed by atoms with E-state index in [0.29, 0.717) is 22.9 Å². The van der Waals surface area contributed by atoms with E-state index in [2.05, 4.69) is 26.2 Å². The zero-order valence-corrected chi connectivity index (χ0v) is 13.3. The molecule has 0 fully saturated rings. The molecule has 2 aromatic carbocycles. The quantitative estimate of drug-likeness (QED) is 0.741. The van der Waals surface area contributed by atoms with Crippen LogP contribution in [-0.2, 0) is 6.54 Å². The Hall–Kier alpha value is -3.49. The monoisotopic (exact) mass is 342 g/mol. The molecule has 9 heteroatoms. The topological polar surface area (TPSA) is 94.0 Å². The Balaban J connectivity index is 1.62. The second-order valence-corrected chi connectivity index (χ2v) is 5.02. The smallest absolute Gasteiger partial charge is 0.319 e. The number of nitrogens with one attached hydrogen (secondary N) is 2. The van der Waals surface area contributed by atoms with E-state index in [4.69, 9.17) is 4.74 Å². The Morgan fingerprint density at radius 2 is 2.04 bits per heavy atom. The molecule has 0 aliphatic heterocycles. The summed E-state index contributed by atoms with van der Waals surface area (Å²) in [7, 11) is 1.57. The third-order valence-corrected chi connectivity index (χ3v) is 3.34. The van der Waals surface area contributed by atoms with Crippen LogP contribution in [0.4, 0.5) is 14.9 Å². The van der Waals surface area contributed by atoms with Crippen molar-refractivity contribution >= 4 is 11.7 Å². The van der Waals surface area contributed by atoms with Gasteiger partial charge in [0.1, 0.15) is 11.6 Å². The lowest BCUT2D eigenvalue weighted by atomic mass is 10.3. The van der Waals surface area contributed by atoms with Crippen molar-refractivity contribution in [2.75, 3.05) is 12.4 Å².